The number of nitrogens with zero attached hydrogens (tertiary/aromatic N) is 2. The van der Waals surface area contributed by atoms with Gasteiger partial charge >= 0.3 is 0 Å². The summed E-state index contributed by atoms with van der Waals surface area (Å²) in [6.07, 6.45) is 2.89. The van der Waals surface area contributed by atoms with Crippen LogP contribution in [0.2, 0.25) is 0 Å². The molecule has 0 aliphatic heterocycles. The number of nitrogens with one attached hydrogen (secondary N) is 1. The highest BCUT2D eigenvalue weighted by atomic mass is 16.1. The van der Waals surface area contributed by atoms with Crippen molar-refractivity contribution in [3.63, 3.8) is 0 Å². The van der Waals surface area contributed by atoms with E-state index in [1.165, 1.54) is 0 Å². The fourth-order valence-electron chi connectivity index (χ4n) is 1.63. The molecule has 0 radical (unpaired) electrons. The van der Waals surface area contributed by atoms with E-state index in [-0.39, 0.29) is 5.57 Å². The molecule has 0 spiro atoms. The molecule has 0 atom stereocenters. The minimum atomic E-state index is -0.596. The van der Waals surface area contributed by atoms with E-state index in [9.17, 15) is 4.79 Å². The molecule has 2 rings (SSSR count). The van der Waals surface area contributed by atoms with Gasteiger partial charge in [-0.3, -0.25) is 14.9 Å². The Balaban J connectivity index is 2.39. The number of hydrogen-bond acceptors (Lipinski definition) is 4. The van der Waals surface area contributed by atoms with Crippen LogP contribution in [-0.2, 0) is 4.79 Å². The number of benzene rings is 1. The van der Waals surface area contributed by atoms with Gasteiger partial charge in [-0.15, -0.1) is 0 Å². The molecular formula is C12H13N5O. The predicted molar refractivity (Wildman–Crippen MR) is 70.3 cm³/mol. The van der Waals surface area contributed by atoms with Crippen molar-refractivity contribution < 1.29 is 4.79 Å². The van der Waals surface area contributed by atoms with Gasteiger partial charge in [0.2, 0.25) is 0 Å². The van der Waals surface area contributed by atoms with Gasteiger partial charge in [0.15, 0.2) is 0 Å². The molecule has 0 bridgehead atoms. The Kier molecular flexibility index (Phi) is 3.09. The first-order valence-electron chi connectivity index (χ1n) is 5.32. The van der Waals surface area contributed by atoms with Crippen LogP contribution < -0.4 is 11.5 Å². The molecule has 0 saturated heterocycles. The molecule has 0 aliphatic carbocycles. The molecule has 5 N–H and O–H groups in total. The lowest BCUT2D eigenvalue weighted by atomic mass is 10.1. The molecule has 0 aliphatic rings. The SMILES string of the molecule is CC(=Nc1ccc2cn[nH]c2c1)C(=CN)C(N)=O. The fourth-order valence-corrected chi connectivity index (χ4v) is 1.63. The predicted octanol–water partition coefficient (Wildman–Crippen LogP) is 0.983. The molecule has 1 aromatic heterocycles. The number of carbonyl (C=O) groups is 1. The van der Waals surface area contributed by atoms with Gasteiger partial charge in [0, 0.05) is 11.6 Å². The summed E-state index contributed by atoms with van der Waals surface area (Å²) in [6.45, 7) is 1.68. The third kappa shape index (κ3) is 2.22. The maximum Gasteiger partial charge on any atom is 0.252 e. The first kappa shape index (κ1) is 11.8. The summed E-state index contributed by atoms with van der Waals surface area (Å²) in [4.78, 5) is 15.4. The summed E-state index contributed by atoms with van der Waals surface area (Å²) in [6, 6.07) is 5.55. The normalized spacial score (nSPS) is 12.9. The molecule has 1 amide bonds. The van der Waals surface area contributed by atoms with Crippen molar-refractivity contribution in [2.45, 2.75) is 6.92 Å². The average molecular weight is 243 g/mol. The minimum Gasteiger partial charge on any atom is -0.404 e. The molecule has 92 valence electrons. The number of nitrogens with two attached hydrogens (primary N) is 2. The second kappa shape index (κ2) is 4.70. The van der Waals surface area contributed by atoms with Crippen LogP contribution in [0.3, 0.4) is 0 Å². The Morgan fingerprint density at radius 2 is 2.28 bits per heavy atom. The van der Waals surface area contributed by atoms with Gasteiger partial charge in [0.1, 0.15) is 0 Å². The number of aliphatic imine (C=N–C) groups is 1. The van der Waals surface area contributed by atoms with Gasteiger partial charge in [0.05, 0.1) is 28.7 Å². The number of amides is 1. The Morgan fingerprint density at radius 1 is 1.50 bits per heavy atom. The lowest BCUT2D eigenvalue weighted by molar-refractivity contribution is -0.114. The average Bonchev–Trinajstić information content (AvgIpc) is 2.76. The van der Waals surface area contributed by atoms with Crippen molar-refractivity contribution in [1.82, 2.24) is 10.2 Å². The van der Waals surface area contributed by atoms with E-state index in [1.807, 2.05) is 18.2 Å². The number of hydrogen-bond donors (Lipinski definition) is 3. The zero-order valence-electron chi connectivity index (χ0n) is 9.84. The van der Waals surface area contributed by atoms with Crippen molar-refractivity contribution >= 4 is 28.2 Å². The van der Waals surface area contributed by atoms with Crippen molar-refractivity contribution in [2.24, 2.45) is 16.5 Å². The monoisotopic (exact) mass is 243 g/mol. The van der Waals surface area contributed by atoms with E-state index in [0.717, 1.165) is 17.1 Å². The van der Waals surface area contributed by atoms with Crippen LogP contribution in [0.25, 0.3) is 10.9 Å². The molecule has 0 fully saturated rings. The van der Waals surface area contributed by atoms with Crippen molar-refractivity contribution in [1.29, 1.82) is 0 Å². The number of H-pyrrole nitrogens is 1. The summed E-state index contributed by atoms with van der Waals surface area (Å²) in [7, 11) is 0. The lowest BCUT2D eigenvalue weighted by Gasteiger charge is -2.02. The highest BCUT2D eigenvalue weighted by molar-refractivity contribution is 6.20. The molecule has 6 nitrogen and oxygen atoms in total. The van der Waals surface area contributed by atoms with Crippen molar-refractivity contribution in [3.8, 4) is 0 Å². The topological polar surface area (TPSA) is 110 Å². The fraction of sp³-hybridized carbons (Fsp3) is 0.0833. The number of aromatic amines is 1. The van der Waals surface area contributed by atoms with Crippen LogP contribution in [0.1, 0.15) is 6.92 Å². The highest BCUT2D eigenvalue weighted by Crippen LogP contribution is 2.19. The third-order valence-corrected chi connectivity index (χ3v) is 2.54. The number of carbonyl (C=O) groups excluding carboxylic acids is 1. The highest BCUT2D eigenvalue weighted by Gasteiger charge is 2.08. The Labute approximate surface area is 103 Å². The lowest BCUT2D eigenvalue weighted by Crippen LogP contribution is -2.20. The van der Waals surface area contributed by atoms with Crippen molar-refractivity contribution in [3.05, 3.63) is 36.2 Å². The van der Waals surface area contributed by atoms with Crippen LogP contribution >= 0.6 is 0 Å². The maximum absolute atomic E-state index is 11.1. The molecule has 2 aromatic rings. The molecule has 1 heterocycles. The number of aromatic nitrogens is 2. The van der Waals surface area contributed by atoms with E-state index in [1.54, 1.807) is 13.1 Å². The van der Waals surface area contributed by atoms with Crippen molar-refractivity contribution in [2.75, 3.05) is 0 Å². The number of rotatable bonds is 3. The largest absolute Gasteiger partial charge is 0.404 e. The van der Waals surface area contributed by atoms with Gasteiger partial charge in [-0.2, -0.15) is 5.10 Å². The smallest absolute Gasteiger partial charge is 0.252 e. The van der Waals surface area contributed by atoms with E-state index in [2.05, 4.69) is 15.2 Å². The van der Waals surface area contributed by atoms with E-state index < -0.39 is 5.91 Å². The van der Waals surface area contributed by atoms with Crippen LogP contribution in [-0.4, -0.2) is 21.8 Å². The molecule has 6 heteroatoms. The van der Waals surface area contributed by atoms with E-state index in [0.29, 0.717) is 11.4 Å². The summed E-state index contributed by atoms with van der Waals surface area (Å²) in [5.74, 6) is -0.596. The summed E-state index contributed by atoms with van der Waals surface area (Å²) >= 11 is 0. The Bertz CT molecular complexity index is 653. The van der Waals surface area contributed by atoms with Crippen LogP contribution in [0.15, 0.2) is 41.2 Å². The molecular weight excluding hydrogens is 230 g/mol. The van der Waals surface area contributed by atoms with E-state index in [4.69, 9.17) is 11.5 Å². The standard InChI is InChI=1S/C12H13N5O/c1-7(10(5-13)12(14)18)16-9-3-2-8-6-15-17-11(8)4-9/h2-6H,13H2,1H3,(H2,14,18)(H,15,17). The van der Waals surface area contributed by atoms with Gasteiger partial charge < -0.3 is 11.5 Å². The third-order valence-electron chi connectivity index (χ3n) is 2.54. The first-order chi connectivity index (χ1) is 8.61. The van der Waals surface area contributed by atoms with Gasteiger partial charge in [0.25, 0.3) is 5.91 Å². The van der Waals surface area contributed by atoms with Gasteiger partial charge in [-0.25, -0.2) is 0 Å². The zero-order chi connectivity index (χ0) is 13.1. The second-order valence-electron chi connectivity index (χ2n) is 3.78. The molecule has 0 saturated carbocycles. The zero-order valence-corrected chi connectivity index (χ0v) is 9.84. The van der Waals surface area contributed by atoms with E-state index >= 15 is 0 Å². The molecule has 0 unspecified atom stereocenters. The molecule has 1 aromatic carbocycles. The first-order valence-corrected chi connectivity index (χ1v) is 5.32. The molecule has 18 heavy (non-hydrogen) atoms. The van der Waals surface area contributed by atoms with Crippen LogP contribution in [0, 0.1) is 0 Å². The van der Waals surface area contributed by atoms with Crippen LogP contribution in [0.4, 0.5) is 5.69 Å². The van der Waals surface area contributed by atoms with Gasteiger partial charge in [-0.1, -0.05) is 0 Å². The summed E-state index contributed by atoms with van der Waals surface area (Å²) < 4.78 is 0. The maximum atomic E-state index is 11.1. The van der Waals surface area contributed by atoms with Crippen LogP contribution in [0.5, 0.6) is 0 Å². The Hall–Kier alpha value is -2.63. The second-order valence-corrected chi connectivity index (χ2v) is 3.78. The minimum absolute atomic E-state index is 0.208. The number of primary amides is 1. The quantitative estimate of drug-likeness (QED) is 0.552. The Morgan fingerprint density at radius 3 is 2.94 bits per heavy atom. The number of fused-ring (bicyclic) bond motifs is 1. The summed E-state index contributed by atoms with van der Waals surface area (Å²) in [5, 5.41) is 7.77. The van der Waals surface area contributed by atoms with Gasteiger partial charge in [-0.05, 0) is 25.1 Å². The summed E-state index contributed by atoms with van der Waals surface area (Å²) in [5.41, 5.74) is 12.8.